The van der Waals surface area contributed by atoms with Gasteiger partial charge in [0.05, 0.1) is 17.1 Å². The van der Waals surface area contributed by atoms with E-state index in [2.05, 4.69) is 26.0 Å². The highest BCUT2D eigenvalue weighted by atomic mass is 79.9. The summed E-state index contributed by atoms with van der Waals surface area (Å²) in [5, 5.41) is 5.97. The third-order valence-electron chi connectivity index (χ3n) is 4.56. The highest BCUT2D eigenvalue weighted by Crippen LogP contribution is 2.23. The Bertz CT molecular complexity index is 1370. The molecule has 31 heavy (non-hydrogen) atoms. The second-order valence-electron chi connectivity index (χ2n) is 6.78. The largest absolute Gasteiger partial charge is 0.489 e. The van der Waals surface area contributed by atoms with Gasteiger partial charge in [0.2, 0.25) is 0 Å². The molecule has 0 spiro atoms. The third-order valence-corrected chi connectivity index (χ3v) is 5.64. The molecule has 0 atom stereocenters. The van der Waals surface area contributed by atoms with Crippen molar-refractivity contribution in [2.75, 3.05) is 0 Å². The summed E-state index contributed by atoms with van der Waals surface area (Å²) in [4.78, 5) is 17.3. The zero-order chi connectivity index (χ0) is 22.0. The Morgan fingerprint density at radius 1 is 1.13 bits per heavy atom. The van der Waals surface area contributed by atoms with E-state index in [1.165, 1.54) is 4.68 Å². The van der Waals surface area contributed by atoms with Crippen LogP contribution in [0.5, 0.6) is 5.75 Å². The van der Waals surface area contributed by atoms with E-state index in [4.69, 9.17) is 27.9 Å². The number of aromatic nitrogens is 2. The summed E-state index contributed by atoms with van der Waals surface area (Å²) in [5.74, 6) is 1.15. The molecule has 0 aliphatic carbocycles. The van der Waals surface area contributed by atoms with Crippen LogP contribution in [0.2, 0.25) is 10.0 Å². The summed E-state index contributed by atoms with van der Waals surface area (Å²) in [5.41, 5.74) is 2.01. The Hall–Kier alpha value is -2.67. The standard InChI is InChI=1S/C23H16BrCl2N3O2/c1-14-28-22-8-6-17(24)10-20(22)23(30)29(14)27-12-15-3-2-4-19(9-15)31-13-16-5-7-18(25)11-21(16)26/h2-12H,13H2,1H3. The summed E-state index contributed by atoms with van der Waals surface area (Å²) in [6, 6.07) is 18.1. The fourth-order valence-electron chi connectivity index (χ4n) is 3.00. The van der Waals surface area contributed by atoms with Gasteiger partial charge in [0.25, 0.3) is 5.56 Å². The molecule has 0 saturated carbocycles. The van der Waals surface area contributed by atoms with Crippen molar-refractivity contribution < 1.29 is 4.74 Å². The number of hydrogen-bond acceptors (Lipinski definition) is 4. The average molecular weight is 517 g/mol. The molecule has 0 saturated heterocycles. The molecule has 0 aliphatic rings. The molecule has 4 rings (SSSR count). The van der Waals surface area contributed by atoms with Crippen LogP contribution in [0.4, 0.5) is 0 Å². The van der Waals surface area contributed by atoms with Crippen molar-refractivity contribution in [1.29, 1.82) is 0 Å². The lowest BCUT2D eigenvalue weighted by atomic mass is 10.2. The summed E-state index contributed by atoms with van der Waals surface area (Å²) < 4.78 is 7.95. The van der Waals surface area contributed by atoms with Crippen LogP contribution in [0, 0.1) is 6.92 Å². The van der Waals surface area contributed by atoms with Gasteiger partial charge in [-0.2, -0.15) is 9.78 Å². The second-order valence-corrected chi connectivity index (χ2v) is 8.54. The van der Waals surface area contributed by atoms with Crippen LogP contribution in [-0.4, -0.2) is 15.9 Å². The molecule has 0 fully saturated rings. The maximum Gasteiger partial charge on any atom is 0.282 e. The van der Waals surface area contributed by atoms with E-state index in [0.717, 1.165) is 15.6 Å². The lowest BCUT2D eigenvalue weighted by Gasteiger charge is -2.09. The summed E-state index contributed by atoms with van der Waals surface area (Å²) in [6.07, 6.45) is 1.60. The van der Waals surface area contributed by atoms with Crippen LogP contribution in [0.15, 0.2) is 75.0 Å². The van der Waals surface area contributed by atoms with Crippen LogP contribution in [0.3, 0.4) is 0 Å². The second kappa shape index (κ2) is 9.22. The number of fused-ring (bicyclic) bond motifs is 1. The first-order valence-electron chi connectivity index (χ1n) is 9.31. The van der Waals surface area contributed by atoms with Crippen molar-refractivity contribution in [3.63, 3.8) is 0 Å². The van der Waals surface area contributed by atoms with E-state index in [0.29, 0.717) is 39.1 Å². The molecule has 0 N–H and O–H groups in total. The third kappa shape index (κ3) is 4.98. The number of rotatable bonds is 5. The molecule has 5 nitrogen and oxygen atoms in total. The molecular weight excluding hydrogens is 501 g/mol. The van der Waals surface area contributed by atoms with Crippen molar-refractivity contribution in [1.82, 2.24) is 9.66 Å². The smallest absolute Gasteiger partial charge is 0.282 e. The zero-order valence-corrected chi connectivity index (χ0v) is 19.4. The number of halogens is 3. The van der Waals surface area contributed by atoms with Crippen LogP contribution in [0.1, 0.15) is 17.0 Å². The molecule has 0 unspecified atom stereocenters. The fourth-order valence-corrected chi connectivity index (χ4v) is 3.83. The first kappa shape index (κ1) is 21.6. The maximum absolute atomic E-state index is 12.8. The lowest BCUT2D eigenvalue weighted by molar-refractivity contribution is 0.306. The van der Waals surface area contributed by atoms with E-state index in [9.17, 15) is 4.79 Å². The molecule has 0 bridgehead atoms. The molecule has 1 heterocycles. The summed E-state index contributed by atoms with van der Waals surface area (Å²) in [6.45, 7) is 2.05. The quantitative estimate of drug-likeness (QED) is 0.295. The predicted molar refractivity (Wildman–Crippen MR) is 129 cm³/mol. The Balaban J connectivity index is 1.57. The molecule has 1 aromatic heterocycles. The molecular formula is C23H16BrCl2N3O2. The van der Waals surface area contributed by atoms with Crippen molar-refractivity contribution in [2.24, 2.45) is 5.10 Å². The van der Waals surface area contributed by atoms with Crippen molar-refractivity contribution in [3.05, 3.63) is 102 Å². The van der Waals surface area contributed by atoms with Crippen LogP contribution < -0.4 is 10.3 Å². The molecule has 0 amide bonds. The molecule has 0 radical (unpaired) electrons. The SMILES string of the molecule is Cc1nc2ccc(Br)cc2c(=O)n1N=Cc1cccc(OCc2ccc(Cl)cc2Cl)c1. The van der Waals surface area contributed by atoms with E-state index in [1.807, 2.05) is 36.4 Å². The monoisotopic (exact) mass is 515 g/mol. The van der Waals surface area contributed by atoms with Gasteiger partial charge >= 0.3 is 0 Å². The van der Waals surface area contributed by atoms with Crippen LogP contribution in [0.25, 0.3) is 10.9 Å². The van der Waals surface area contributed by atoms with Crippen LogP contribution >= 0.6 is 39.1 Å². The number of aryl methyl sites for hydroxylation is 1. The predicted octanol–water partition coefficient (Wildman–Crippen LogP) is 6.24. The molecule has 3 aromatic carbocycles. The number of nitrogens with zero attached hydrogens (tertiary/aromatic N) is 3. The average Bonchev–Trinajstić information content (AvgIpc) is 2.74. The Labute approximate surface area is 197 Å². The van der Waals surface area contributed by atoms with Gasteiger partial charge in [-0.1, -0.05) is 57.3 Å². The minimum atomic E-state index is -0.232. The Morgan fingerprint density at radius 2 is 1.97 bits per heavy atom. The molecule has 156 valence electrons. The number of benzene rings is 3. The van der Waals surface area contributed by atoms with E-state index in [1.54, 1.807) is 37.4 Å². The fraction of sp³-hybridized carbons (Fsp3) is 0.0870. The van der Waals surface area contributed by atoms with Gasteiger partial charge in [-0.25, -0.2) is 4.98 Å². The molecule has 0 aliphatic heterocycles. The summed E-state index contributed by atoms with van der Waals surface area (Å²) in [7, 11) is 0. The highest BCUT2D eigenvalue weighted by molar-refractivity contribution is 9.10. The molecule has 8 heteroatoms. The zero-order valence-electron chi connectivity index (χ0n) is 16.3. The van der Waals surface area contributed by atoms with E-state index < -0.39 is 0 Å². The van der Waals surface area contributed by atoms with Crippen molar-refractivity contribution in [2.45, 2.75) is 13.5 Å². The minimum absolute atomic E-state index is 0.232. The maximum atomic E-state index is 12.8. The number of hydrogen-bond donors (Lipinski definition) is 0. The Morgan fingerprint density at radius 3 is 2.77 bits per heavy atom. The van der Waals surface area contributed by atoms with Crippen LogP contribution in [-0.2, 0) is 6.61 Å². The normalized spacial score (nSPS) is 11.4. The van der Waals surface area contributed by atoms with Crippen molar-refractivity contribution >= 4 is 56.2 Å². The van der Waals surface area contributed by atoms with E-state index in [-0.39, 0.29) is 5.56 Å². The Kier molecular flexibility index (Phi) is 6.41. The van der Waals surface area contributed by atoms with Gasteiger partial charge < -0.3 is 4.74 Å². The van der Waals surface area contributed by atoms with Crippen molar-refractivity contribution in [3.8, 4) is 5.75 Å². The van der Waals surface area contributed by atoms with Gasteiger partial charge in [-0.15, -0.1) is 0 Å². The summed E-state index contributed by atoms with van der Waals surface area (Å²) >= 11 is 15.5. The first-order valence-corrected chi connectivity index (χ1v) is 10.9. The van der Waals surface area contributed by atoms with Gasteiger partial charge in [0.1, 0.15) is 18.2 Å². The topological polar surface area (TPSA) is 56.5 Å². The van der Waals surface area contributed by atoms with Gasteiger partial charge in [-0.05, 0) is 55.0 Å². The number of ether oxygens (including phenoxy) is 1. The van der Waals surface area contributed by atoms with Gasteiger partial charge in [0.15, 0.2) is 0 Å². The molecule has 4 aromatic rings. The van der Waals surface area contributed by atoms with E-state index >= 15 is 0 Å². The van der Waals surface area contributed by atoms with Gasteiger partial charge in [-0.3, -0.25) is 4.79 Å². The lowest BCUT2D eigenvalue weighted by Crippen LogP contribution is -2.20. The minimum Gasteiger partial charge on any atom is -0.489 e. The first-order chi connectivity index (χ1) is 14.9. The van der Waals surface area contributed by atoms with Gasteiger partial charge in [0, 0.05) is 20.1 Å². The highest BCUT2D eigenvalue weighted by Gasteiger charge is 2.08.